The van der Waals surface area contributed by atoms with Gasteiger partial charge in [-0.1, -0.05) is 20.8 Å². The van der Waals surface area contributed by atoms with Gasteiger partial charge in [0.2, 0.25) is 0 Å². The highest BCUT2D eigenvalue weighted by Gasteiger charge is 2.38. The summed E-state index contributed by atoms with van der Waals surface area (Å²) in [6.07, 6.45) is 0. The molecule has 1 nitrogen and oxygen atoms in total. The smallest absolute Gasteiger partial charge is 0.0159 e. The summed E-state index contributed by atoms with van der Waals surface area (Å²) in [5, 5.41) is 0. The molecule has 1 aliphatic heterocycles. The molecule has 2 unspecified atom stereocenters. The molecule has 0 aliphatic carbocycles. The van der Waals surface area contributed by atoms with Crippen molar-refractivity contribution in [1.29, 1.82) is 0 Å². The van der Waals surface area contributed by atoms with E-state index in [1.807, 2.05) is 0 Å². The molecule has 1 heteroatoms. The molecule has 0 radical (unpaired) electrons. The predicted molar refractivity (Wildman–Crippen MR) is 49.6 cm³/mol. The van der Waals surface area contributed by atoms with E-state index >= 15 is 0 Å². The third-order valence-corrected chi connectivity index (χ3v) is 2.81. The van der Waals surface area contributed by atoms with Crippen molar-refractivity contribution >= 4 is 0 Å². The van der Waals surface area contributed by atoms with Crippen LogP contribution in [-0.4, -0.2) is 23.5 Å². The summed E-state index contributed by atoms with van der Waals surface area (Å²) in [5.74, 6) is 1.73. The fourth-order valence-corrected chi connectivity index (χ4v) is 2.35. The van der Waals surface area contributed by atoms with Gasteiger partial charge in [0.1, 0.15) is 0 Å². The van der Waals surface area contributed by atoms with Gasteiger partial charge in [-0.25, -0.2) is 0 Å². The minimum absolute atomic E-state index is 0.735. The van der Waals surface area contributed by atoms with Crippen molar-refractivity contribution in [2.24, 2.45) is 11.8 Å². The Balaban J connectivity index is 2.48. The van der Waals surface area contributed by atoms with E-state index in [9.17, 15) is 0 Å². The SMILES string of the molecule is CC(C)C1C(C)CN1C(C)C. The molecule has 2 atom stereocenters. The zero-order valence-electron chi connectivity index (χ0n) is 8.46. The fourth-order valence-electron chi connectivity index (χ4n) is 2.35. The molecule has 0 N–H and O–H groups in total. The monoisotopic (exact) mass is 155 g/mol. The van der Waals surface area contributed by atoms with E-state index in [2.05, 4.69) is 39.5 Å². The van der Waals surface area contributed by atoms with Crippen LogP contribution in [0.5, 0.6) is 0 Å². The largest absolute Gasteiger partial charge is 0.297 e. The molecule has 0 saturated carbocycles. The second kappa shape index (κ2) is 3.14. The molecule has 1 saturated heterocycles. The first-order chi connectivity index (χ1) is 5.04. The Bertz CT molecular complexity index is 124. The second-order valence-electron chi connectivity index (χ2n) is 4.50. The number of hydrogen-bond donors (Lipinski definition) is 0. The molecule has 1 fully saturated rings. The summed E-state index contributed by atoms with van der Waals surface area (Å²) < 4.78 is 0. The normalized spacial score (nSPS) is 33.0. The number of likely N-dealkylation sites (tertiary alicyclic amines) is 1. The Labute approximate surface area is 70.8 Å². The predicted octanol–water partition coefficient (Wildman–Crippen LogP) is 2.37. The van der Waals surface area contributed by atoms with Gasteiger partial charge in [0.15, 0.2) is 0 Å². The van der Waals surface area contributed by atoms with Crippen LogP contribution in [0.3, 0.4) is 0 Å². The summed E-state index contributed by atoms with van der Waals surface area (Å²) in [7, 11) is 0. The summed E-state index contributed by atoms with van der Waals surface area (Å²) in [6, 6.07) is 1.58. The van der Waals surface area contributed by atoms with E-state index in [0.717, 1.165) is 23.9 Å². The van der Waals surface area contributed by atoms with E-state index in [4.69, 9.17) is 0 Å². The Kier molecular flexibility index (Phi) is 2.58. The maximum Gasteiger partial charge on any atom is 0.0159 e. The summed E-state index contributed by atoms with van der Waals surface area (Å²) in [6.45, 7) is 12.9. The van der Waals surface area contributed by atoms with Gasteiger partial charge in [-0.2, -0.15) is 0 Å². The molecule has 0 amide bonds. The lowest BCUT2D eigenvalue weighted by Gasteiger charge is -2.51. The molecule has 1 heterocycles. The van der Waals surface area contributed by atoms with Crippen molar-refractivity contribution in [3.8, 4) is 0 Å². The van der Waals surface area contributed by atoms with Gasteiger partial charge in [-0.3, -0.25) is 4.90 Å². The molecule has 0 bridgehead atoms. The lowest BCUT2D eigenvalue weighted by molar-refractivity contribution is -0.0290. The van der Waals surface area contributed by atoms with Crippen molar-refractivity contribution in [2.75, 3.05) is 6.54 Å². The molecular weight excluding hydrogens is 134 g/mol. The fraction of sp³-hybridized carbons (Fsp3) is 1.00. The van der Waals surface area contributed by atoms with E-state index in [1.165, 1.54) is 6.54 Å². The van der Waals surface area contributed by atoms with Crippen LogP contribution < -0.4 is 0 Å². The Morgan fingerprint density at radius 2 is 1.73 bits per heavy atom. The van der Waals surface area contributed by atoms with Crippen LogP contribution in [-0.2, 0) is 0 Å². The highest BCUT2D eigenvalue weighted by molar-refractivity contribution is 4.92. The Hall–Kier alpha value is -0.0400. The van der Waals surface area contributed by atoms with Crippen molar-refractivity contribution in [3.05, 3.63) is 0 Å². The molecule has 0 aromatic rings. The van der Waals surface area contributed by atoms with Crippen LogP contribution in [0.1, 0.15) is 34.6 Å². The molecule has 0 aromatic heterocycles. The third-order valence-electron chi connectivity index (χ3n) is 2.81. The van der Waals surface area contributed by atoms with Crippen LogP contribution in [0, 0.1) is 11.8 Å². The van der Waals surface area contributed by atoms with Gasteiger partial charge in [0, 0.05) is 18.6 Å². The lowest BCUT2D eigenvalue weighted by Crippen LogP contribution is -2.59. The summed E-state index contributed by atoms with van der Waals surface area (Å²) >= 11 is 0. The molecule has 1 rings (SSSR count). The first-order valence-electron chi connectivity index (χ1n) is 4.79. The second-order valence-corrected chi connectivity index (χ2v) is 4.50. The van der Waals surface area contributed by atoms with E-state index in [1.54, 1.807) is 0 Å². The van der Waals surface area contributed by atoms with Crippen molar-refractivity contribution in [1.82, 2.24) is 4.90 Å². The van der Waals surface area contributed by atoms with Gasteiger partial charge in [0.25, 0.3) is 0 Å². The topological polar surface area (TPSA) is 3.24 Å². The summed E-state index contributed by atoms with van der Waals surface area (Å²) in [4.78, 5) is 2.61. The maximum atomic E-state index is 2.61. The lowest BCUT2D eigenvalue weighted by atomic mass is 9.81. The van der Waals surface area contributed by atoms with Gasteiger partial charge < -0.3 is 0 Å². The van der Waals surface area contributed by atoms with Gasteiger partial charge in [-0.05, 0) is 25.7 Å². The molecular formula is C10H21N. The van der Waals surface area contributed by atoms with Gasteiger partial charge in [0.05, 0.1) is 0 Å². The third kappa shape index (κ3) is 1.58. The number of hydrogen-bond acceptors (Lipinski definition) is 1. The molecule has 66 valence electrons. The Morgan fingerprint density at radius 1 is 1.18 bits per heavy atom. The highest BCUT2D eigenvalue weighted by Crippen LogP contribution is 2.31. The van der Waals surface area contributed by atoms with Gasteiger partial charge >= 0.3 is 0 Å². The average Bonchev–Trinajstić information content (AvgIpc) is 1.80. The zero-order valence-corrected chi connectivity index (χ0v) is 8.46. The van der Waals surface area contributed by atoms with Crippen LogP contribution in [0.2, 0.25) is 0 Å². The van der Waals surface area contributed by atoms with E-state index in [0.29, 0.717) is 0 Å². The minimum atomic E-state index is 0.735. The van der Waals surface area contributed by atoms with Crippen LogP contribution in [0.4, 0.5) is 0 Å². The zero-order chi connectivity index (χ0) is 8.59. The number of rotatable bonds is 2. The van der Waals surface area contributed by atoms with Gasteiger partial charge in [-0.15, -0.1) is 0 Å². The van der Waals surface area contributed by atoms with E-state index in [-0.39, 0.29) is 0 Å². The van der Waals surface area contributed by atoms with Crippen LogP contribution in [0.15, 0.2) is 0 Å². The van der Waals surface area contributed by atoms with Crippen LogP contribution in [0.25, 0.3) is 0 Å². The Morgan fingerprint density at radius 3 is 1.91 bits per heavy atom. The minimum Gasteiger partial charge on any atom is -0.297 e. The van der Waals surface area contributed by atoms with Crippen molar-refractivity contribution < 1.29 is 0 Å². The van der Waals surface area contributed by atoms with Crippen LogP contribution >= 0.6 is 0 Å². The van der Waals surface area contributed by atoms with Crippen molar-refractivity contribution in [2.45, 2.75) is 46.7 Å². The summed E-state index contributed by atoms with van der Waals surface area (Å²) in [5.41, 5.74) is 0. The molecule has 0 aromatic carbocycles. The quantitative estimate of drug-likeness (QED) is 0.592. The standard InChI is InChI=1S/C10H21N/c1-7(2)10-9(5)6-11(10)8(3)4/h7-10H,6H2,1-5H3. The molecule has 11 heavy (non-hydrogen) atoms. The molecule has 1 aliphatic rings. The first kappa shape index (κ1) is 9.05. The first-order valence-corrected chi connectivity index (χ1v) is 4.79. The maximum absolute atomic E-state index is 2.61. The van der Waals surface area contributed by atoms with Crippen molar-refractivity contribution in [3.63, 3.8) is 0 Å². The average molecular weight is 155 g/mol. The highest BCUT2D eigenvalue weighted by atomic mass is 15.2. The molecule has 0 spiro atoms. The number of nitrogens with zero attached hydrogens (tertiary/aromatic N) is 1. The van der Waals surface area contributed by atoms with E-state index < -0.39 is 0 Å².